The summed E-state index contributed by atoms with van der Waals surface area (Å²) in [6, 6.07) is 0. The van der Waals surface area contributed by atoms with Crippen molar-refractivity contribution in [3.8, 4) is 0 Å². The third kappa shape index (κ3) is 8.43. The lowest BCUT2D eigenvalue weighted by atomic mass is 9.85. The fourth-order valence-corrected chi connectivity index (χ4v) is 1.57. The molecule has 0 heterocycles. The van der Waals surface area contributed by atoms with Gasteiger partial charge in [-0.3, -0.25) is 4.79 Å². The van der Waals surface area contributed by atoms with E-state index in [1.165, 1.54) is 0 Å². The van der Waals surface area contributed by atoms with E-state index in [0.717, 1.165) is 19.4 Å². The predicted octanol–water partition coefficient (Wildman–Crippen LogP) is 2.21. The number of ether oxygens (including phenoxy) is 1. The molecule has 1 N–H and O–H groups in total. The summed E-state index contributed by atoms with van der Waals surface area (Å²) in [6.45, 7) is 9.76. The Morgan fingerprint density at radius 3 is 2.47 bits per heavy atom. The first-order chi connectivity index (χ1) is 6.87. The van der Waals surface area contributed by atoms with Gasteiger partial charge >= 0.3 is 5.97 Å². The van der Waals surface area contributed by atoms with Crippen molar-refractivity contribution in [1.29, 1.82) is 0 Å². The molecule has 0 spiro atoms. The van der Waals surface area contributed by atoms with Gasteiger partial charge in [0.15, 0.2) is 0 Å². The van der Waals surface area contributed by atoms with Crippen LogP contribution < -0.4 is 5.32 Å². The molecule has 0 aliphatic heterocycles. The predicted molar refractivity (Wildman–Crippen MR) is 62.7 cm³/mol. The van der Waals surface area contributed by atoms with Crippen LogP contribution >= 0.6 is 0 Å². The minimum absolute atomic E-state index is 0.000384. The van der Waals surface area contributed by atoms with Crippen molar-refractivity contribution in [3.63, 3.8) is 0 Å². The van der Waals surface area contributed by atoms with E-state index in [-0.39, 0.29) is 17.3 Å². The van der Waals surface area contributed by atoms with Gasteiger partial charge in [0.2, 0.25) is 0 Å². The SMILES string of the molecule is CNCCCOC(=O)C(C)CC(C)(C)C. The van der Waals surface area contributed by atoms with Crippen LogP contribution in [0.4, 0.5) is 0 Å². The first kappa shape index (κ1) is 14.4. The smallest absolute Gasteiger partial charge is 0.308 e. The Balaban J connectivity index is 3.70. The van der Waals surface area contributed by atoms with E-state index < -0.39 is 0 Å². The van der Waals surface area contributed by atoms with Crippen LogP contribution in [0.5, 0.6) is 0 Å². The molecule has 0 aromatic carbocycles. The molecule has 0 fully saturated rings. The van der Waals surface area contributed by atoms with Crippen LogP contribution in [0.1, 0.15) is 40.5 Å². The Kier molecular flexibility index (Phi) is 6.57. The molecule has 0 radical (unpaired) electrons. The summed E-state index contributed by atoms with van der Waals surface area (Å²) < 4.78 is 5.17. The van der Waals surface area contributed by atoms with Crippen molar-refractivity contribution in [1.82, 2.24) is 5.32 Å². The van der Waals surface area contributed by atoms with Gasteiger partial charge in [-0.1, -0.05) is 27.7 Å². The summed E-state index contributed by atoms with van der Waals surface area (Å²) in [7, 11) is 1.89. The van der Waals surface area contributed by atoms with E-state index in [1.54, 1.807) is 0 Å². The second kappa shape index (κ2) is 6.83. The molecule has 0 aliphatic carbocycles. The van der Waals surface area contributed by atoms with E-state index in [0.29, 0.717) is 6.61 Å². The van der Waals surface area contributed by atoms with Crippen LogP contribution in [0, 0.1) is 11.3 Å². The van der Waals surface area contributed by atoms with E-state index in [9.17, 15) is 4.79 Å². The molecule has 0 aliphatic rings. The molecule has 1 atom stereocenters. The maximum atomic E-state index is 11.5. The van der Waals surface area contributed by atoms with Crippen LogP contribution in [0.25, 0.3) is 0 Å². The van der Waals surface area contributed by atoms with Gasteiger partial charge in [-0.25, -0.2) is 0 Å². The summed E-state index contributed by atoms with van der Waals surface area (Å²) in [5.41, 5.74) is 0.184. The normalized spacial score (nSPS) is 13.7. The third-order valence-electron chi connectivity index (χ3n) is 2.14. The number of rotatable bonds is 6. The van der Waals surface area contributed by atoms with Crippen molar-refractivity contribution < 1.29 is 9.53 Å². The largest absolute Gasteiger partial charge is 0.465 e. The highest BCUT2D eigenvalue weighted by Gasteiger charge is 2.21. The summed E-state index contributed by atoms with van der Waals surface area (Å²) in [6.07, 6.45) is 1.75. The minimum atomic E-state index is -0.0685. The van der Waals surface area contributed by atoms with Crippen molar-refractivity contribution in [2.24, 2.45) is 11.3 Å². The number of hydrogen-bond acceptors (Lipinski definition) is 3. The molecule has 15 heavy (non-hydrogen) atoms. The molecular weight excluding hydrogens is 190 g/mol. The molecule has 0 saturated carbocycles. The maximum Gasteiger partial charge on any atom is 0.308 e. The number of nitrogens with one attached hydrogen (secondary N) is 1. The number of carbonyl (C=O) groups is 1. The summed E-state index contributed by atoms with van der Waals surface area (Å²) >= 11 is 0. The molecular formula is C12H25NO2. The summed E-state index contributed by atoms with van der Waals surface area (Å²) in [5.74, 6) is -0.0689. The molecule has 0 saturated heterocycles. The fraction of sp³-hybridized carbons (Fsp3) is 0.917. The zero-order chi connectivity index (χ0) is 11.9. The number of carbonyl (C=O) groups excluding carboxylic acids is 1. The Labute approximate surface area is 93.6 Å². The van der Waals surface area contributed by atoms with Gasteiger partial charge < -0.3 is 10.1 Å². The third-order valence-corrected chi connectivity index (χ3v) is 2.14. The van der Waals surface area contributed by atoms with Crippen LogP contribution in [0.2, 0.25) is 0 Å². The monoisotopic (exact) mass is 215 g/mol. The lowest BCUT2D eigenvalue weighted by molar-refractivity contribution is -0.149. The minimum Gasteiger partial charge on any atom is -0.465 e. The van der Waals surface area contributed by atoms with Gasteiger partial charge in [0.05, 0.1) is 12.5 Å². The van der Waals surface area contributed by atoms with Crippen molar-refractivity contribution in [2.75, 3.05) is 20.2 Å². The van der Waals surface area contributed by atoms with E-state index in [1.807, 2.05) is 14.0 Å². The average molecular weight is 215 g/mol. The second-order valence-corrected chi connectivity index (χ2v) is 5.29. The van der Waals surface area contributed by atoms with Gasteiger partial charge in [0, 0.05) is 0 Å². The average Bonchev–Trinajstić information content (AvgIpc) is 2.09. The van der Waals surface area contributed by atoms with Crippen LogP contribution in [-0.2, 0) is 9.53 Å². The van der Waals surface area contributed by atoms with E-state index in [4.69, 9.17) is 4.74 Å². The highest BCUT2D eigenvalue weighted by atomic mass is 16.5. The highest BCUT2D eigenvalue weighted by molar-refractivity contribution is 5.71. The van der Waals surface area contributed by atoms with Gasteiger partial charge in [0.1, 0.15) is 0 Å². The van der Waals surface area contributed by atoms with Gasteiger partial charge in [-0.2, -0.15) is 0 Å². The zero-order valence-electron chi connectivity index (χ0n) is 10.7. The first-order valence-corrected chi connectivity index (χ1v) is 5.68. The molecule has 90 valence electrons. The van der Waals surface area contributed by atoms with Gasteiger partial charge in [-0.15, -0.1) is 0 Å². The highest BCUT2D eigenvalue weighted by Crippen LogP contribution is 2.24. The summed E-state index contributed by atoms with van der Waals surface area (Å²) in [4.78, 5) is 11.5. The van der Waals surface area contributed by atoms with E-state index in [2.05, 4.69) is 26.1 Å². The molecule has 0 amide bonds. The van der Waals surface area contributed by atoms with Crippen LogP contribution in [0.15, 0.2) is 0 Å². The molecule has 0 aromatic heterocycles. The fourth-order valence-electron chi connectivity index (χ4n) is 1.57. The Morgan fingerprint density at radius 1 is 1.40 bits per heavy atom. The Hall–Kier alpha value is -0.570. The molecule has 3 nitrogen and oxygen atoms in total. The summed E-state index contributed by atoms with van der Waals surface area (Å²) in [5, 5.41) is 3.02. The maximum absolute atomic E-state index is 11.5. The number of esters is 1. The van der Waals surface area contributed by atoms with Crippen molar-refractivity contribution in [2.45, 2.75) is 40.5 Å². The lowest BCUT2D eigenvalue weighted by Gasteiger charge is -2.22. The van der Waals surface area contributed by atoms with Gasteiger partial charge in [-0.05, 0) is 31.8 Å². The molecule has 0 bridgehead atoms. The molecule has 1 unspecified atom stereocenters. The van der Waals surface area contributed by atoms with Crippen molar-refractivity contribution >= 4 is 5.97 Å². The molecule has 0 rings (SSSR count). The topological polar surface area (TPSA) is 38.3 Å². The van der Waals surface area contributed by atoms with Crippen LogP contribution in [0.3, 0.4) is 0 Å². The quantitative estimate of drug-likeness (QED) is 0.545. The lowest BCUT2D eigenvalue weighted by Crippen LogP contribution is -2.22. The Bertz CT molecular complexity index is 185. The second-order valence-electron chi connectivity index (χ2n) is 5.29. The van der Waals surface area contributed by atoms with Crippen LogP contribution in [-0.4, -0.2) is 26.2 Å². The van der Waals surface area contributed by atoms with E-state index >= 15 is 0 Å². The first-order valence-electron chi connectivity index (χ1n) is 5.68. The number of hydrogen-bond donors (Lipinski definition) is 1. The zero-order valence-corrected chi connectivity index (χ0v) is 10.7. The molecule has 0 aromatic rings. The Morgan fingerprint density at radius 2 is 2.00 bits per heavy atom. The standard InChI is InChI=1S/C12H25NO2/c1-10(9-12(2,3)4)11(14)15-8-6-7-13-5/h10,13H,6-9H2,1-5H3. The van der Waals surface area contributed by atoms with Gasteiger partial charge in [0.25, 0.3) is 0 Å². The molecule has 3 heteroatoms. The van der Waals surface area contributed by atoms with Crippen molar-refractivity contribution in [3.05, 3.63) is 0 Å².